The van der Waals surface area contributed by atoms with Crippen molar-refractivity contribution in [3.8, 4) is 28.5 Å². The Morgan fingerprint density at radius 2 is 1.90 bits per heavy atom. The molecule has 0 unspecified atom stereocenters. The van der Waals surface area contributed by atoms with Crippen molar-refractivity contribution in [1.82, 2.24) is 30.6 Å². The van der Waals surface area contributed by atoms with Gasteiger partial charge in [-0.15, -0.1) is 0 Å². The first-order valence-electron chi connectivity index (χ1n) is 12.7. The van der Waals surface area contributed by atoms with Gasteiger partial charge in [0.15, 0.2) is 18.2 Å². The fourth-order valence-electron chi connectivity index (χ4n) is 4.64. The van der Waals surface area contributed by atoms with E-state index < -0.39 is 47.8 Å². The Labute approximate surface area is 222 Å². The van der Waals surface area contributed by atoms with Gasteiger partial charge in [-0.05, 0) is 37.8 Å². The summed E-state index contributed by atoms with van der Waals surface area (Å²) < 4.78 is 59.5. The number of nitrogens with zero attached hydrogens (tertiary/aromatic N) is 4. The highest BCUT2D eigenvalue weighted by atomic mass is 19.3. The summed E-state index contributed by atoms with van der Waals surface area (Å²) in [7, 11) is 0. The van der Waals surface area contributed by atoms with E-state index in [9.17, 15) is 18.0 Å². The zero-order chi connectivity index (χ0) is 28.2. The zero-order valence-electron chi connectivity index (χ0n) is 21.5. The minimum Gasteiger partial charge on any atom is -0.472 e. The average molecular weight is 548 g/mol. The first-order chi connectivity index (χ1) is 18.7. The highest BCUT2D eigenvalue weighted by molar-refractivity contribution is 5.97. The van der Waals surface area contributed by atoms with Gasteiger partial charge in [-0.25, -0.2) is 33.1 Å². The number of nitrogen functional groups attached to an aromatic ring is 1. The molecule has 13 heteroatoms. The summed E-state index contributed by atoms with van der Waals surface area (Å²) in [5.74, 6) is -3.28. The second kappa shape index (κ2) is 11.9. The standard InChI is InChI=1S/C24H23F4N7O2.C2H6/c25-17(26)10-37-18-2-1-12(8-30-18)15-7-14(23(36)35-24-5-3-13(4-6-24)32-11-24)19(27)20(33-15)16-9-31-22(29)21(28)34-16;1-2/h1-2,7-9,13,17,32H,3-6,10-11H2,(H2,29,31)(H,35,36);1-2H3. The number of pyridine rings is 2. The van der Waals surface area contributed by atoms with Gasteiger partial charge in [0.2, 0.25) is 5.88 Å². The molecule has 2 bridgehead atoms. The van der Waals surface area contributed by atoms with Gasteiger partial charge in [0.25, 0.3) is 18.3 Å². The van der Waals surface area contributed by atoms with Gasteiger partial charge < -0.3 is 21.1 Å². The molecule has 3 aromatic rings. The van der Waals surface area contributed by atoms with E-state index in [0.29, 0.717) is 18.2 Å². The number of fused-ring (bicyclic) bond motifs is 3. The van der Waals surface area contributed by atoms with Crippen LogP contribution >= 0.6 is 0 Å². The smallest absolute Gasteiger partial charge is 0.272 e. The third kappa shape index (κ3) is 6.24. The molecule has 39 heavy (non-hydrogen) atoms. The van der Waals surface area contributed by atoms with E-state index in [1.165, 1.54) is 24.4 Å². The van der Waals surface area contributed by atoms with Crippen molar-refractivity contribution in [2.75, 3.05) is 18.9 Å². The van der Waals surface area contributed by atoms with E-state index in [-0.39, 0.29) is 22.8 Å². The van der Waals surface area contributed by atoms with Crippen LogP contribution in [0.3, 0.4) is 0 Å². The molecule has 2 aliphatic heterocycles. The Bertz CT molecular complexity index is 1300. The zero-order valence-corrected chi connectivity index (χ0v) is 21.5. The topological polar surface area (TPSA) is 128 Å². The lowest BCUT2D eigenvalue weighted by molar-refractivity contribution is 0.0783. The van der Waals surface area contributed by atoms with E-state index >= 15 is 4.39 Å². The first kappa shape index (κ1) is 28.1. The highest BCUT2D eigenvalue weighted by Gasteiger charge is 2.41. The maximum Gasteiger partial charge on any atom is 0.272 e. The van der Waals surface area contributed by atoms with Crippen molar-refractivity contribution in [2.24, 2.45) is 0 Å². The lowest BCUT2D eigenvalue weighted by atomic mass is 9.75. The molecule has 1 saturated carbocycles. The van der Waals surface area contributed by atoms with Crippen LogP contribution in [0.25, 0.3) is 22.6 Å². The minimum atomic E-state index is -2.67. The molecule has 1 amide bonds. The van der Waals surface area contributed by atoms with Crippen LogP contribution in [0.15, 0.2) is 30.6 Å². The predicted octanol–water partition coefficient (Wildman–Crippen LogP) is 4.15. The van der Waals surface area contributed by atoms with E-state index in [1.807, 2.05) is 13.8 Å². The number of amides is 1. The molecular weight excluding hydrogens is 518 g/mol. The highest BCUT2D eigenvalue weighted by Crippen LogP contribution is 2.34. The van der Waals surface area contributed by atoms with Gasteiger partial charge in [0.05, 0.1) is 23.0 Å². The Morgan fingerprint density at radius 1 is 1.15 bits per heavy atom. The van der Waals surface area contributed by atoms with Gasteiger partial charge >= 0.3 is 0 Å². The monoisotopic (exact) mass is 547 g/mol. The summed E-state index contributed by atoms with van der Waals surface area (Å²) in [6.07, 6.45) is 3.01. The van der Waals surface area contributed by atoms with Gasteiger partial charge in [-0.1, -0.05) is 13.8 Å². The maximum absolute atomic E-state index is 15.7. The van der Waals surface area contributed by atoms with Crippen LogP contribution in [0, 0.1) is 11.8 Å². The molecular formula is C26H29F4N7O2. The van der Waals surface area contributed by atoms with Crippen molar-refractivity contribution < 1.29 is 27.1 Å². The number of hydrogen-bond acceptors (Lipinski definition) is 8. The maximum atomic E-state index is 15.7. The van der Waals surface area contributed by atoms with E-state index in [2.05, 4.69) is 30.6 Å². The molecule has 2 saturated heterocycles. The Balaban J connectivity index is 0.00000172. The lowest BCUT2D eigenvalue weighted by Crippen LogP contribution is -2.64. The van der Waals surface area contributed by atoms with Crippen molar-refractivity contribution in [2.45, 2.75) is 57.5 Å². The summed E-state index contributed by atoms with van der Waals surface area (Å²) in [5.41, 5.74) is 4.37. The van der Waals surface area contributed by atoms with Crippen molar-refractivity contribution >= 4 is 11.7 Å². The van der Waals surface area contributed by atoms with Gasteiger partial charge in [-0.3, -0.25) is 4.79 Å². The molecule has 1 aliphatic carbocycles. The van der Waals surface area contributed by atoms with Crippen molar-refractivity contribution in [1.29, 1.82) is 0 Å². The van der Waals surface area contributed by atoms with Gasteiger partial charge in [0, 0.05) is 30.4 Å². The minimum absolute atomic E-state index is 0.0460. The van der Waals surface area contributed by atoms with Crippen LogP contribution in [0.4, 0.5) is 23.4 Å². The Morgan fingerprint density at radius 3 is 2.49 bits per heavy atom. The molecule has 4 N–H and O–H groups in total. The van der Waals surface area contributed by atoms with Crippen LogP contribution in [0.2, 0.25) is 0 Å². The largest absolute Gasteiger partial charge is 0.472 e. The van der Waals surface area contributed by atoms with E-state index in [0.717, 1.165) is 31.9 Å². The average Bonchev–Trinajstić information content (AvgIpc) is 2.95. The van der Waals surface area contributed by atoms with Crippen LogP contribution < -0.4 is 21.1 Å². The Hall–Kier alpha value is -3.87. The number of rotatable bonds is 7. The van der Waals surface area contributed by atoms with Gasteiger partial charge in [-0.2, -0.15) is 4.39 Å². The Kier molecular flexibility index (Phi) is 8.58. The normalized spacial score (nSPS) is 19.8. The molecule has 3 aromatic heterocycles. The third-order valence-electron chi connectivity index (χ3n) is 6.64. The quantitative estimate of drug-likeness (QED) is 0.377. The molecule has 9 nitrogen and oxygen atoms in total. The lowest BCUT2D eigenvalue weighted by Gasteiger charge is -2.47. The number of carbonyl (C=O) groups excluding carboxylic acids is 1. The number of alkyl halides is 2. The number of ether oxygens (including phenoxy) is 1. The molecule has 0 spiro atoms. The summed E-state index contributed by atoms with van der Waals surface area (Å²) in [6, 6.07) is 4.49. The number of halogens is 4. The number of hydrogen-bond donors (Lipinski definition) is 3. The van der Waals surface area contributed by atoms with Crippen molar-refractivity contribution in [3.63, 3.8) is 0 Å². The second-order valence-corrected chi connectivity index (χ2v) is 9.13. The fraction of sp³-hybridized carbons (Fsp3) is 0.423. The SMILES string of the molecule is CC.Nc1ncc(-c2nc(-c3ccc(OCC(F)F)nc3)cc(C(=O)NC34CCC(CC3)NC4)c2F)nc1F. The number of carbonyl (C=O) groups is 1. The van der Waals surface area contributed by atoms with Crippen LogP contribution in [0.5, 0.6) is 5.88 Å². The summed E-state index contributed by atoms with van der Waals surface area (Å²) >= 11 is 0. The number of aromatic nitrogens is 4. The van der Waals surface area contributed by atoms with Gasteiger partial charge in [0.1, 0.15) is 11.4 Å². The van der Waals surface area contributed by atoms with Crippen LogP contribution in [-0.4, -0.2) is 57.0 Å². The van der Waals surface area contributed by atoms with E-state index in [1.54, 1.807) is 0 Å². The third-order valence-corrected chi connectivity index (χ3v) is 6.64. The molecule has 208 valence electrons. The van der Waals surface area contributed by atoms with E-state index in [4.69, 9.17) is 10.5 Å². The predicted molar refractivity (Wildman–Crippen MR) is 136 cm³/mol. The molecule has 0 radical (unpaired) electrons. The first-order valence-corrected chi connectivity index (χ1v) is 12.7. The number of nitrogens with one attached hydrogen (secondary N) is 2. The van der Waals surface area contributed by atoms with Crippen LogP contribution in [0.1, 0.15) is 49.9 Å². The summed E-state index contributed by atoms with van der Waals surface area (Å²) in [5, 5.41) is 6.37. The number of anilines is 1. The van der Waals surface area contributed by atoms with Crippen LogP contribution in [-0.2, 0) is 0 Å². The fourth-order valence-corrected chi connectivity index (χ4v) is 4.64. The molecule has 0 aromatic carbocycles. The number of piperidine rings is 2. The summed E-state index contributed by atoms with van der Waals surface area (Å²) in [4.78, 5) is 28.9. The molecule has 3 aliphatic rings. The summed E-state index contributed by atoms with van der Waals surface area (Å²) in [6.45, 7) is 3.75. The second-order valence-electron chi connectivity index (χ2n) is 9.13. The molecule has 0 atom stereocenters. The molecule has 3 fully saturated rings. The molecule has 5 heterocycles. The number of nitrogens with two attached hydrogens (primary N) is 1. The molecule has 6 rings (SSSR count). The van der Waals surface area contributed by atoms with Crippen molar-refractivity contribution in [3.05, 3.63) is 47.9 Å².